The summed E-state index contributed by atoms with van der Waals surface area (Å²) in [6, 6.07) is 19.0. The van der Waals surface area contributed by atoms with Crippen LogP contribution in [0.15, 0.2) is 60.7 Å². The van der Waals surface area contributed by atoms with E-state index in [0.29, 0.717) is 48.0 Å². The molecule has 3 aromatic carbocycles. The summed E-state index contributed by atoms with van der Waals surface area (Å²) >= 11 is 11.0. The summed E-state index contributed by atoms with van der Waals surface area (Å²) in [5.41, 5.74) is 3.91. The third kappa shape index (κ3) is 5.63. The molecule has 0 aliphatic carbocycles. The van der Waals surface area contributed by atoms with E-state index in [2.05, 4.69) is 55.4 Å². The number of para-hydroxylation sites is 1. The molecule has 0 aromatic heterocycles. The number of rotatable bonds is 4. The Hall–Kier alpha value is -1.85. The van der Waals surface area contributed by atoms with Gasteiger partial charge < -0.3 is 15.1 Å². The average molecular weight is 686 g/mol. The van der Waals surface area contributed by atoms with Crippen LogP contribution >= 0.6 is 56.8 Å². The summed E-state index contributed by atoms with van der Waals surface area (Å²) in [5.74, 6) is -0.134. The smallest absolute Gasteiger partial charge is 0.256 e. The molecular formula is C25H22ClI2N3O2. The molecule has 33 heavy (non-hydrogen) atoms. The minimum Gasteiger partial charge on any atom is -0.365 e. The number of aryl methyl sites for hydroxylation is 1. The molecule has 1 fully saturated rings. The van der Waals surface area contributed by atoms with Crippen molar-refractivity contribution in [1.82, 2.24) is 4.90 Å². The number of carbonyl (C=O) groups is 2. The van der Waals surface area contributed by atoms with Crippen LogP contribution in [0.1, 0.15) is 26.3 Å². The highest BCUT2D eigenvalue weighted by Crippen LogP contribution is 2.35. The maximum absolute atomic E-state index is 13.0. The van der Waals surface area contributed by atoms with Gasteiger partial charge in [-0.05, 0) is 94.6 Å². The topological polar surface area (TPSA) is 52.7 Å². The normalized spacial score (nSPS) is 13.7. The molecule has 8 heteroatoms. The number of anilines is 2. The van der Waals surface area contributed by atoms with Gasteiger partial charge in [0.25, 0.3) is 11.8 Å². The summed E-state index contributed by atoms with van der Waals surface area (Å²) in [7, 11) is 0. The summed E-state index contributed by atoms with van der Waals surface area (Å²) in [5, 5.41) is 3.62. The van der Waals surface area contributed by atoms with Crippen LogP contribution in [0.2, 0.25) is 5.02 Å². The van der Waals surface area contributed by atoms with Gasteiger partial charge in [-0.3, -0.25) is 9.59 Å². The zero-order chi connectivity index (χ0) is 23.5. The largest absolute Gasteiger partial charge is 0.365 e. The SMILES string of the molecule is Cc1ccc(C(=O)N2CCN(c3c(Cl)cccc3NC(=O)c3cc(I)ccc3I)CC2)cc1. The zero-order valence-corrected chi connectivity index (χ0v) is 23.0. The quantitative estimate of drug-likeness (QED) is 0.340. The Kier molecular flexibility index (Phi) is 7.80. The second-order valence-electron chi connectivity index (χ2n) is 7.86. The van der Waals surface area contributed by atoms with E-state index in [9.17, 15) is 9.59 Å². The maximum atomic E-state index is 13.0. The summed E-state index contributed by atoms with van der Waals surface area (Å²) < 4.78 is 1.89. The van der Waals surface area contributed by atoms with Gasteiger partial charge in [-0.2, -0.15) is 0 Å². The van der Waals surface area contributed by atoms with Gasteiger partial charge in [0.15, 0.2) is 0 Å². The first-order chi connectivity index (χ1) is 15.8. The van der Waals surface area contributed by atoms with Crippen LogP contribution in [0.4, 0.5) is 11.4 Å². The number of carbonyl (C=O) groups excluding carboxylic acids is 2. The van der Waals surface area contributed by atoms with E-state index >= 15 is 0 Å². The first kappa shape index (κ1) is 24.3. The maximum Gasteiger partial charge on any atom is 0.256 e. The number of piperazine rings is 1. The highest BCUT2D eigenvalue weighted by Gasteiger charge is 2.25. The Labute approximate surface area is 225 Å². The molecule has 0 saturated carbocycles. The third-order valence-electron chi connectivity index (χ3n) is 5.59. The predicted octanol–water partition coefficient (Wildman–Crippen LogP) is 6.07. The lowest BCUT2D eigenvalue weighted by Crippen LogP contribution is -2.49. The van der Waals surface area contributed by atoms with Crippen molar-refractivity contribution >= 4 is 80.0 Å². The van der Waals surface area contributed by atoms with Crippen LogP contribution in [-0.4, -0.2) is 42.9 Å². The molecule has 0 spiro atoms. The van der Waals surface area contributed by atoms with Crippen LogP contribution in [-0.2, 0) is 0 Å². The third-order valence-corrected chi connectivity index (χ3v) is 7.51. The molecule has 0 bridgehead atoms. The van der Waals surface area contributed by atoms with Crippen LogP contribution in [0.5, 0.6) is 0 Å². The van der Waals surface area contributed by atoms with Crippen LogP contribution in [0.3, 0.4) is 0 Å². The van der Waals surface area contributed by atoms with Crippen molar-refractivity contribution in [2.24, 2.45) is 0 Å². The standard InChI is InChI=1S/C25H22ClI2N3O2/c1-16-5-7-17(8-6-16)25(33)31-13-11-30(12-14-31)23-20(26)3-2-4-22(23)29-24(32)19-15-18(27)9-10-21(19)28/h2-10,15H,11-14H2,1H3,(H,29,32). The molecule has 0 atom stereocenters. The van der Waals surface area contributed by atoms with Crippen LogP contribution < -0.4 is 10.2 Å². The summed E-state index contributed by atoms with van der Waals surface area (Å²) in [6.07, 6.45) is 0. The molecule has 0 unspecified atom stereocenters. The van der Waals surface area contributed by atoms with Crippen molar-refractivity contribution in [2.75, 3.05) is 36.4 Å². The number of benzene rings is 3. The Morgan fingerprint density at radius 1 is 0.939 bits per heavy atom. The van der Waals surface area contributed by atoms with Gasteiger partial charge >= 0.3 is 0 Å². The lowest BCUT2D eigenvalue weighted by molar-refractivity contribution is 0.0746. The number of hydrogen-bond acceptors (Lipinski definition) is 3. The second kappa shape index (κ2) is 10.6. The summed E-state index contributed by atoms with van der Waals surface area (Å²) in [4.78, 5) is 29.9. The van der Waals surface area contributed by atoms with Crippen LogP contribution in [0.25, 0.3) is 0 Å². The minimum absolute atomic E-state index is 0.0376. The van der Waals surface area contributed by atoms with E-state index in [1.165, 1.54) is 0 Å². The molecule has 3 aromatic rings. The molecule has 5 nitrogen and oxygen atoms in total. The lowest BCUT2D eigenvalue weighted by atomic mass is 10.1. The molecule has 1 heterocycles. The molecule has 1 saturated heterocycles. The van der Waals surface area contributed by atoms with Gasteiger partial charge in [-0.15, -0.1) is 0 Å². The minimum atomic E-state index is -0.172. The first-order valence-corrected chi connectivity index (χ1v) is 13.0. The van der Waals surface area contributed by atoms with Gasteiger partial charge in [0.2, 0.25) is 0 Å². The van der Waals surface area contributed by atoms with Crippen molar-refractivity contribution < 1.29 is 9.59 Å². The molecule has 1 aliphatic rings. The molecular weight excluding hydrogens is 664 g/mol. The second-order valence-corrected chi connectivity index (χ2v) is 10.7. The Morgan fingerprint density at radius 3 is 2.33 bits per heavy atom. The highest BCUT2D eigenvalue weighted by atomic mass is 127. The van der Waals surface area contributed by atoms with Gasteiger partial charge in [0, 0.05) is 38.9 Å². The van der Waals surface area contributed by atoms with E-state index in [-0.39, 0.29) is 11.8 Å². The fourth-order valence-electron chi connectivity index (χ4n) is 3.81. The molecule has 4 rings (SSSR count). The van der Waals surface area contributed by atoms with E-state index in [1.807, 2.05) is 72.5 Å². The molecule has 170 valence electrons. The zero-order valence-electron chi connectivity index (χ0n) is 17.9. The van der Waals surface area contributed by atoms with Crippen LogP contribution in [0, 0.1) is 14.1 Å². The fourth-order valence-corrected chi connectivity index (χ4v) is 5.18. The van der Waals surface area contributed by atoms with Gasteiger partial charge in [-0.1, -0.05) is 35.4 Å². The Balaban J connectivity index is 1.50. The Bertz CT molecular complexity index is 1190. The average Bonchev–Trinajstić information content (AvgIpc) is 2.81. The molecule has 2 amide bonds. The van der Waals surface area contributed by atoms with Gasteiger partial charge in [0.05, 0.1) is 22.0 Å². The fraction of sp³-hybridized carbons (Fsp3) is 0.200. The number of halogens is 3. The predicted molar refractivity (Wildman–Crippen MR) is 151 cm³/mol. The van der Waals surface area contributed by atoms with Crippen molar-refractivity contribution in [3.05, 3.63) is 89.5 Å². The van der Waals surface area contributed by atoms with Gasteiger partial charge in [-0.25, -0.2) is 0 Å². The number of nitrogens with zero attached hydrogens (tertiary/aromatic N) is 2. The lowest BCUT2D eigenvalue weighted by Gasteiger charge is -2.37. The molecule has 0 radical (unpaired) electrons. The molecule has 1 aliphatic heterocycles. The molecule has 1 N–H and O–H groups in total. The number of amides is 2. The van der Waals surface area contributed by atoms with Gasteiger partial charge in [0.1, 0.15) is 0 Å². The van der Waals surface area contributed by atoms with Crippen molar-refractivity contribution in [1.29, 1.82) is 0 Å². The van der Waals surface area contributed by atoms with E-state index in [0.717, 1.165) is 18.4 Å². The van der Waals surface area contributed by atoms with E-state index < -0.39 is 0 Å². The first-order valence-electron chi connectivity index (χ1n) is 10.5. The number of hydrogen-bond donors (Lipinski definition) is 1. The van der Waals surface area contributed by atoms with Crippen molar-refractivity contribution in [3.8, 4) is 0 Å². The van der Waals surface area contributed by atoms with Crippen molar-refractivity contribution in [2.45, 2.75) is 6.92 Å². The van der Waals surface area contributed by atoms with E-state index in [1.54, 1.807) is 0 Å². The number of nitrogens with one attached hydrogen (secondary N) is 1. The summed E-state index contributed by atoms with van der Waals surface area (Å²) in [6.45, 7) is 4.43. The van der Waals surface area contributed by atoms with E-state index in [4.69, 9.17) is 11.6 Å². The van der Waals surface area contributed by atoms with Crippen molar-refractivity contribution in [3.63, 3.8) is 0 Å². The monoisotopic (exact) mass is 685 g/mol. The highest BCUT2D eigenvalue weighted by molar-refractivity contribution is 14.1. The Morgan fingerprint density at radius 2 is 1.64 bits per heavy atom.